The molecule has 0 rings (SSSR count). The fraction of sp³-hybridized carbons (Fsp3) is 1.00. The molecule has 1 N–H and O–H groups in total. The summed E-state index contributed by atoms with van der Waals surface area (Å²) in [5, 5.41) is 0. The Morgan fingerprint density at radius 1 is 1.14 bits per heavy atom. The van der Waals surface area contributed by atoms with E-state index in [2.05, 4.69) is 6.92 Å². The van der Waals surface area contributed by atoms with E-state index in [1.807, 2.05) is 0 Å². The number of unbranched alkanes of at least 4 members (excludes halogenated alkanes) is 3. The molecule has 0 radical (unpaired) electrons. The lowest BCUT2D eigenvalue weighted by atomic mass is 10.2. The minimum atomic E-state index is 0.611. The van der Waals surface area contributed by atoms with Crippen molar-refractivity contribution in [2.24, 2.45) is 0 Å². The molecule has 1 nitrogen and oxygen atoms in total. The average Bonchev–Trinajstić information content (AvgIpc) is 1.69. The molecule has 7 heavy (non-hydrogen) atoms. The smallest absolute Gasteiger partial charge is 0.0536 e. The van der Waals surface area contributed by atoms with E-state index in [-0.39, 0.29) is 0 Å². The maximum Gasteiger partial charge on any atom is -0.0536 e. The van der Waals surface area contributed by atoms with E-state index in [4.69, 9.17) is 5.73 Å². The summed E-state index contributed by atoms with van der Waals surface area (Å²) >= 11 is 0. The van der Waals surface area contributed by atoms with Gasteiger partial charge in [0.2, 0.25) is 0 Å². The number of hydrogen-bond acceptors (Lipinski definition) is 0. The van der Waals surface area contributed by atoms with Crippen molar-refractivity contribution in [2.75, 3.05) is 6.54 Å². The summed E-state index contributed by atoms with van der Waals surface area (Å²) in [6.07, 6.45) is 4.92. The van der Waals surface area contributed by atoms with Gasteiger partial charge in [-0.25, -0.2) is 0 Å². The third kappa shape index (κ3) is 5.96. The Morgan fingerprint density at radius 2 is 1.86 bits per heavy atom. The lowest BCUT2D eigenvalue weighted by Crippen LogP contribution is -1.75. The first-order valence-corrected chi connectivity index (χ1v) is 3.06. The van der Waals surface area contributed by atoms with Gasteiger partial charge in [-0.1, -0.05) is 32.6 Å². The second-order valence-corrected chi connectivity index (χ2v) is 1.81. The maximum atomic E-state index is 6.78. The van der Waals surface area contributed by atoms with E-state index in [1.165, 1.54) is 19.3 Å². The zero-order valence-corrected chi connectivity index (χ0v) is 5.04. The van der Waals surface area contributed by atoms with Gasteiger partial charge in [-0.2, -0.15) is 6.54 Å². The van der Waals surface area contributed by atoms with Crippen LogP contribution in [-0.2, 0) is 0 Å². The summed E-state index contributed by atoms with van der Waals surface area (Å²) in [5.41, 5.74) is 6.78. The van der Waals surface area contributed by atoms with E-state index < -0.39 is 0 Å². The van der Waals surface area contributed by atoms with Gasteiger partial charge in [-0.15, -0.1) is 0 Å². The Bertz CT molecular complexity index is 23.4. The second-order valence-electron chi connectivity index (χ2n) is 1.81. The minimum Gasteiger partial charge on any atom is -0.677 e. The van der Waals surface area contributed by atoms with Crippen molar-refractivity contribution in [3.05, 3.63) is 5.73 Å². The Balaban J connectivity index is 2.45. The first-order valence-electron chi connectivity index (χ1n) is 3.06. The molecule has 0 aromatic heterocycles. The van der Waals surface area contributed by atoms with Gasteiger partial charge in [-0.05, 0) is 0 Å². The monoisotopic (exact) mass is 100 g/mol. The van der Waals surface area contributed by atoms with Gasteiger partial charge in [0.05, 0.1) is 0 Å². The number of nitrogens with one attached hydrogen (secondary N) is 1. The first kappa shape index (κ1) is 6.96. The third-order valence-corrected chi connectivity index (χ3v) is 1.03. The van der Waals surface area contributed by atoms with E-state index in [1.54, 1.807) is 0 Å². The second kappa shape index (κ2) is 5.96. The summed E-state index contributed by atoms with van der Waals surface area (Å²) in [5.74, 6) is 0. The van der Waals surface area contributed by atoms with Crippen LogP contribution in [-0.4, -0.2) is 6.54 Å². The van der Waals surface area contributed by atoms with Gasteiger partial charge in [0.15, 0.2) is 0 Å². The summed E-state index contributed by atoms with van der Waals surface area (Å²) in [4.78, 5) is 0. The van der Waals surface area contributed by atoms with Gasteiger partial charge >= 0.3 is 0 Å². The molecule has 0 aliphatic heterocycles. The summed E-state index contributed by atoms with van der Waals surface area (Å²) in [6, 6.07) is 0. The molecule has 0 aliphatic carbocycles. The summed E-state index contributed by atoms with van der Waals surface area (Å²) in [6.45, 7) is 2.80. The SMILES string of the molecule is CCCCCC[NH-]. The van der Waals surface area contributed by atoms with E-state index in [0.717, 1.165) is 6.42 Å². The zero-order valence-electron chi connectivity index (χ0n) is 5.04. The van der Waals surface area contributed by atoms with Crippen LogP contribution >= 0.6 is 0 Å². The van der Waals surface area contributed by atoms with Gasteiger partial charge in [-0.3, -0.25) is 0 Å². The highest BCUT2D eigenvalue weighted by atomic mass is 14.5. The predicted octanol–water partition coefficient (Wildman–Crippen LogP) is 2.62. The molecule has 0 aromatic rings. The van der Waals surface area contributed by atoms with Crippen molar-refractivity contribution in [1.82, 2.24) is 0 Å². The molecule has 0 aliphatic rings. The lowest BCUT2D eigenvalue weighted by Gasteiger charge is -1.97. The molecule has 0 amide bonds. The summed E-state index contributed by atoms with van der Waals surface area (Å²) in [7, 11) is 0. The number of rotatable bonds is 4. The standard InChI is InChI=1S/C6H14N/c1-2-3-4-5-6-7/h7H,2-6H2,1H3/q-1. The van der Waals surface area contributed by atoms with Crippen molar-refractivity contribution in [3.8, 4) is 0 Å². The number of hydrogen-bond donors (Lipinski definition) is 0. The molecule has 0 saturated carbocycles. The van der Waals surface area contributed by atoms with Crippen molar-refractivity contribution >= 4 is 0 Å². The molecule has 0 atom stereocenters. The zero-order chi connectivity index (χ0) is 5.54. The fourth-order valence-corrected chi connectivity index (χ4v) is 0.552. The van der Waals surface area contributed by atoms with Crippen LogP contribution in [0.3, 0.4) is 0 Å². The van der Waals surface area contributed by atoms with Crippen molar-refractivity contribution in [3.63, 3.8) is 0 Å². The highest BCUT2D eigenvalue weighted by Gasteiger charge is 1.77. The molecule has 0 fully saturated rings. The van der Waals surface area contributed by atoms with Crippen LogP contribution in [0.5, 0.6) is 0 Å². The molecule has 0 saturated heterocycles. The molecular formula is C6H14N-. The van der Waals surface area contributed by atoms with Crippen molar-refractivity contribution < 1.29 is 0 Å². The molecule has 0 unspecified atom stereocenters. The maximum absolute atomic E-state index is 6.78. The lowest BCUT2D eigenvalue weighted by molar-refractivity contribution is 0.695. The Labute approximate surface area is 45.9 Å². The highest BCUT2D eigenvalue weighted by molar-refractivity contribution is 4.49. The first-order chi connectivity index (χ1) is 3.41. The molecule has 0 heterocycles. The molecule has 0 aromatic carbocycles. The molecule has 0 spiro atoms. The van der Waals surface area contributed by atoms with Crippen LogP contribution in [0, 0.1) is 0 Å². The Morgan fingerprint density at radius 3 is 2.29 bits per heavy atom. The van der Waals surface area contributed by atoms with Crippen molar-refractivity contribution in [1.29, 1.82) is 0 Å². The quantitative estimate of drug-likeness (QED) is 0.485. The predicted molar refractivity (Wildman–Crippen MR) is 33.3 cm³/mol. The molecule has 1 heteroatoms. The van der Waals surface area contributed by atoms with Crippen molar-refractivity contribution in [2.45, 2.75) is 32.6 Å². The third-order valence-electron chi connectivity index (χ3n) is 1.03. The largest absolute Gasteiger partial charge is 0.677 e. The minimum absolute atomic E-state index is 0.611. The van der Waals surface area contributed by atoms with E-state index in [0.29, 0.717) is 6.54 Å². The van der Waals surface area contributed by atoms with E-state index in [9.17, 15) is 0 Å². The fourth-order valence-electron chi connectivity index (χ4n) is 0.552. The normalized spacial score (nSPS) is 9.43. The van der Waals surface area contributed by atoms with Crippen LogP contribution in [0.1, 0.15) is 32.6 Å². The van der Waals surface area contributed by atoms with Gasteiger partial charge in [0.25, 0.3) is 0 Å². The molecule has 44 valence electrons. The van der Waals surface area contributed by atoms with Crippen LogP contribution < -0.4 is 0 Å². The Hall–Kier alpha value is -0.0400. The molecular weight excluding hydrogens is 86.1 g/mol. The van der Waals surface area contributed by atoms with Crippen LogP contribution in [0.15, 0.2) is 0 Å². The molecule has 0 bridgehead atoms. The average molecular weight is 100 g/mol. The van der Waals surface area contributed by atoms with Gasteiger partial charge in [0.1, 0.15) is 0 Å². The van der Waals surface area contributed by atoms with Crippen LogP contribution in [0.25, 0.3) is 5.73 Å². The Kier molecular flexibility index (Phi) is 5.93. The highest BCUT2D eigenvalue weighted by Crippen LogP contribution is 1.97. The van der Waals surface area contributed by atoms with Crippen LogP contribution in [0.4, 0.5) is 0 Å². The topological polar surface area (TPSA) is 23.8 Å². The van der Waals surface area contributed by atoms with Gasteiger partial charge < -0.3 is 5.73 Å². The van der Waals surface area contributed by atoms with E-state index >= 15 is 0 Å². The van der Waals surface area contributed by atoms with Gasteiger partial charge in [0, 0.05) is 0 Å². The summed E-state index contributed by atoms with van der Waals surface area (Å²) < 4.78 is 0. The van der Waals surface area contributed by atoms with Crippen LogP contribution in [0.2, 0.25) is 0 Å².